The van der Waals surface area contributed by atoms with Crippen molar-refractivity contribution in [1.29, 1.82) is 0 Å². The number of benzene rings is 2. The predicted molar refractivity (Wildman–Crippen MR) is 107 cm³/mol. The lowest BCUT2D eigenvalue weighted by atomic mass is 9.91. The normalized spacial score (nSPS) is 16.9. The first-order chi connectivity index (χ1) is 12.6. The summed E-state index contributed by atoms with van der Waals surface area (Å²) in [5.41, 5.74) is 3.35. The van der Waals surface area contributed by atoms with Gasteiger partial charge in [-0.15, -0.1) is 0 Å². The summed E-state index contributed by atoms with van der Waals surface area (Å²) in [4.78, 5) is 4.63. The van der Waals surface area contributed by atoms with Crippen LogP contribution in [0.1, 0.15) is 30.5 Å². The fourth-order valence-corrected chi connectivity index (χ4v) is 4.22. The Labute approximate surface area is 155 Å². The van der Waals surface area contributed by atoms with E-state index in [1.54, 1.807) is 0 Å². The van der Waals surface area contributed by atoms with Gasteiger partial charge in [-0.05, 0) is 82.7 Å². The number of hydrogen-bond acceptors (Lipinski definition) is 4. The minimum absolute atomic E-state index is 0.819. The summed E-state index contributed by atoms with van der Waals surface area (Å²) in [6, 6.07) is 10.9. The first-order valence-corrected chi connectivity index (χ1v) is 9.74. The molecule has 0 atom stereocenters. The molecule has 4 nitrogen and oxygen atoms in total. The molecule has 2 heterocycles. The molecule has 138 valence electrons. The van der Waals surface area contributed by atoms with Gasteiger partial charge in [0.2, 0.25) is 0 Å². The number of aryl methyl sites for hydroxylation is 1. The third-order valence-corrected chi connectivity index (χ3v) is 5.76. The van der Waals surface area contributed by atoms with E-state index < -0.39 is 0 Å². The highest BCUT2D eigenvalue weighted by atomic mass is 16.5. The summed E-state index contributed by atoms with van der Waals surface area (Å²) in [5, 5.41) is 8.23. The first-order valence-electron chi connectivity index (χ1n) is 9.74. The Morgan fingerprint density at radius 2 is 1.92 bits per heavy atom. The largest absolute Gasteiger partial charge is 0.356 e. The van der Waals surface area contributed by atoms with E-state index in [2.05, 4.69) is 66.4 Å². The Bertz CT molecular complexity index is 891. The Balaban J connectivity index is 1.65. The number of hydrogen-bond donors (Lipinski definition) is 0. The van der Waals surface area contributed by atoms with Crippen molar-refractivity contribution in [2.24, 2.45) is 5.92 Å². The van der Waals surface area contributed by atoms with Crippen molar-refractivity contribution in [2.45, 2.75) is 32.2 Å². The van der Waals surface area contributed by atoms with Gasteiger partial charge in [-0.3, -0.25) is 0 Å². The summed E-state index contributed by atoms with van der Waals surface area (Å²) in [6.07, 6.45) is 4.84. The van der Waals surface area contributed by atoms with Crippen LogP contribution in [-0.4, -0.2) is 49.2 Å². The van der Waals surface area contributed by atoms with Crippen LogP contribution in [0.15, 0.2) is 34.9 Å². The highest BCUT2D eigenvalue weighted by molar-refractivity contribution is 6.00. The summed E-state index contributed by atoms with van der Waals surface area (Å²) in [6.45, 7) is 3.31. The molecule has 26 heavy (non-hydrogen) atoms. The van der Waals surface area contributed by atoms with Crippen LogP contribution in [0.3, 0.4) is 0 Å². The predicted octanol–water partition coefficient (Wildman–Crippen LogP) is 4.32. The maximum absolute atomic E-state index is 5.86. The van der Waals surface area contributed by atoms with Gasteiger partial charge >= 0.3 is 0 Å². The molecular formula is C22H29N3O. The van der Waals surface area contributed by atoms with Gasteiger partial charge in [0.1, 0.15) is 0 Å². The summed E-state index contributed by atoms with van der Waals surface area (Å²) < 4.78 is 5.86. The molecule has 2 aromatic carbocycles. The molecule has 1 aliphatic heterocycles. The third kappa shape index (κ3) is 3.49. The van der Waals surface area contributed by atoms with Crippen molar-refractivity contribution in [2.75, 3.05) is 34.2 Å². The second-order valence-electron chi connectivity index (χ2n) is 8.11. The fourth-order valence-electron chi connectivity index (χ4n) is 4.22. The molecule has 1 aliphatic rings. The lowest BCUT2D eigenvalue weighted by Gasteiger charge is -2.28. The van der Waals surface area contributed by atoms with Gasteiger partial charge in [0, 0.05) is 17.5 Å². The topological polar surface area (TPSA) is 32.5 Å². The fraction of sp³-hybridized carbons (Fsp3) is 0.500. The van der Waals surface area contributed by atoms with Crippen molar-refractivity contribution in [3.8, 4) is 0 Å². The van der Waals surface area contributed by atoms with Crippen LogP contribution in [-0.2, 0) is 13.0 Å². The van der Waals surface area contributed by atoms with Crippen molar-refractivity contribution < 1.29 is 4.52 Å². The van der Waals surface area contributed by atoms with E-state index in [0.29, 0.717) is 0 Å². The summed E-state index contributed by atoms with van der Waals surface area (Å²) in [7, 11) is 6.43. The van der Waals surface area contributed by atoms with E-state index in [9.17, 15) is 0 Å². The number of aromatic nitrogens is 1. The molecule has 1 aromatic heterocycles. The van der Waals surface area contributed by atoms with E-state index in [1.807, 2.05) is 0 Å². The van der Waals surface area contributed by atoms with Crippen molar-refractivity contribution in [3.63, 3.8) is 0 Å². The van der Waals surface area contributed by atoms with Gasteiger partial charge in [0.25, 0.3) is 0 Å². The van der Waals surface area contributed by atoms with Crippen LogP contribution in [0.5, 0.6) is 0 Å². The molecular weight excluding hydrogens is 322 g/mol. The lowest BCUT2D eigenvalue weighted by molar-refractivity contribution is 0.212. The molecule has 0 aliphatic carbocycles. The number of rotatable bonds is 5. The Hall–Kier alpha value is -1.91. The molecule has 0 spiro atoms. The second kappa shape index (κ2) is 7.37. The van der Waals surface area contributed by atoms with Gasteiger partial charge in [-0.25, -0.2) is 0 Å². The van der Waals surface area contributed by atoms with Crippen LogP contribution in [0.4, 0.5) is 0 Å². The van der Waals surface area contributed by atoms with Gasteiger partial charge < -0.3 is 14.3 Å². The molecule has 4 rings (SSSR count). The summed E-state index contributed by atoms with van der Waals surface area (Å²) >= 11 is 0. The third-order valence-electron chi connectivity index (χ3n) is 5.76. The molecule has 0 saturated carbocycles. The first kappa shape index (κ1) is 17.5. The molecule has 0 bridgehead atoms. The van der Waals surface area contributed by atoms with E-state index in [-0.39, 0.29) is 0 Å². The quantitative estimate of drug-likeness (QED) is 0.685. The monoisotopic (exact) mass is 351 g/mol. The number of piperidine rings is 1. The number of likely N-dealkylation sites (tertiary alicyclic amines) is 1. The van der Waals surface area contributed by atoms with Crippen LogP contribution >= 0.6 is 0 Å². The van der Waals surface area contributed by atoms with Gasteiger partial charge in [-0.2, -0.15) is 0 Å². The molecule has 3 aromatic rings. The van der Waals surface area contributed by atoms with E-state index in [0.717, 1.165) is 30.2 Å². The lowest BCUT2D eigenvalue weighted by Crippen LogP contribution is -2.30. The van der Waals surface area contributed by atoms with Gasteiger partial charge in [0.15, 0.2) is 5.58 Å². The van der Waals surface area contributed by atoms with Gasteiger partial charge in [-0.1, -0.05) is 29.4 Å². The zero-order valence-electron chi connectivity index (χ0n) is 16.2. The number of nitrogens with zero attached hydrogens (tertiary/aromatic N) is 3. The maximum atomic E-state index is 5.86. The van der Waals surface area contributed by atoms with Crippen molar-refractivity contribution in [1.82, 2.24) is 15.0 Å². The number of fused-ring (bicyclic) bond motifs is 2. The Morgan fingerprint density at radius 1 is 1.15 bits per heavy atom. The zero-order valence-corrected chi connectivity index (χ0v) is 16.2. The van der Waals surface area contributed by atoms with Crippen molar-refractivity contribution in [3.05, 3.63) is 41.6 Å². The Kier molecular flexibility index (Phi) is 4.96. The van der Waals surface area contributed by atoms with E-state index in [4.69, 9.17) is 4.52 Å². The molecule has 0 radical (unpaired) electrons. The molecule has 0 unspecified atom stereocenters. The zero-order chi connectivity index (χ0) is 18.1. The van der Waals surface area contributed by atoms with Crippen LogP contribution < -0.4 is 0 Å². The Morgan fingerprint density at radius 3 is 2.69 bits per heavy atom. The molecule has 1 fully saturated rings. The minimum Gasteiger partial charge on any atom is -0.356 e. The second-order valence-corrected chi connectivity index (χ2v) is 8.11. The van der Waals surface area contributed by atoms with Crippen LogP contribution in [0.2, 0.25) is 0 Å². The molecule has 4 heteroatoms. The minimum atomic E-state index is 0.819. The average molecular weight is 351 g/mol. The van der Waals surface area contributed by atoms with Gasteiger partial charge in [0.05, 0.1) is 5.69 Å². The molecule has 0 amide bonds. The SMILES string of the molecule is CN(C)Cc1c2ccccc2cc2c(CCC3CCN(C)CC3)noc12. The van der Waals surface area contributed by atoms with Crippen molar-refractivity contribution >= 4 is 21.7 Å². The summed E-state index contributed by atoms with van der Waals surface area (Å²) in [5.74, 6) is 0.819. The standard InChI is InChI=1S/C22H29N3O/c1-24(2)15-20-18-7-5-4-6-17(18)14-19-21(23-26-22(19)20)9-8-16-10-12-25(3)13-11-16/h4-7,14,16H,8-13,15H2,1-3H3. The van der Waals surface area contributed by atoms with Crippen LogP contribution in [0.25, 0.3) is 21.7 Å². The van der Waals surface area contributed by atoms with E-state index >= 15 is 0 Å². The van der Waals surface area contributed by atoms with E-state index in [1.165, 1.54) is 54.1 Å². The van der Waals surface area contributed by atoms with Crippen LogP contribution in [0, 0.1) is 5.92 Å². The molecule has 0 N–H and O–H groups in total. The highest BCUT2D eigenvalue weighted by Crippen LogP contribution is 2.32. The maximum Gasteiger partial charge on any atom is 0.172 e. The molecule has 1 saturated heterocycles. The average Bonchev–Trinajstić information content (AvgIpc) is 3.03. The smallest absolute Gasteiger partial charge is 0.172 e. The highest BCUT2D eigenvalue weighted by Gasteiger charge is 2.20.